The topological polar surface area (TPSA) is 29.5 Å². The number of nitrogens with zero attached hydrogens (tertiary/aromatic N) is 1. The van der Waals surface area contributed by atoms with Gasteiger partial charge in [0.25, 0.3) is 0 Å². The lowest BCUT2D eigenvalue weighted by atomic mass is 9.68. The lowest BCUT2D eigenvalue weighted by Crippen LogP contribution is -2.58. The van der Waals surface area contributed by atoms with E-state index in [4.69, 9.17) is 4.74 Å². The summed E-state index contributed by atoms with van der Waals surface area (Å²) in [5.74, 6) is 0.225. The summed E-state index contributed by atoms with van der Waals surface area (Å²) in [7, 11) is 1.53. The van der Waals surface area contributed by atoms with E-state index in [-0.39, 0.29) is 17.8 Å². The van der Waals surface area contributed by atoms with Gasteiger partial charge < -0.3 is 4.74 Å². The van der Waals surface area contributed by atoms with Crippen molar-refractivity contribution in [2.45, 2.75) is 31.3 Å². The van der Waals surface area contributed by atoms with Crippen molar-refractivity contribution in [1.82, 2.24) is 4.90 Å². The highest BCUT2D eigenvalue weighted by Crippen LogP contribution is 2.52. The van der Waals surface area contributed by atoms with Crippen molar-refractivity contribution in [3.63, 3.8) is 0 Å². The van der Waals surface area contributed by atoms with Crippen LogP contribution in [0.15, 0.2) is 66.2 Å². The zero-order valence-electron chi connectivity index (χ0n) is 15.7. The molecule has 4 aliphatic rings. The number of hydrogen-bond acceptors (Lipinski definition) is 3. The minimum absolute atomic E-state index is 0.0278. The molecule has 2 aromatic carbocycles. The zero-order valence-corrected chi connectivity index (χ0v) is 15.7. The van der Waals surface area contributed by atoms with E-state index in [0.717, 1.165) is 19.4 Å². The first kappa shape index (κ1) is 16.8. The molecule has 6 rings (SSSR count). The fourth-order valence-electron chi connectivity index (χ4n) is 5.70. The number of piperidine rings is 3. The Morgan fingerprint density at radius 2 is 1.59 bits per heavy atom. The summed E-state index contributed by atoms with van der Waals surface area (Å²) >= 11 is 0. The van der Waals surface area contributed by atoms with Gasteiger partial charge in [-0.1, -0.05) is 60.7 Å². The van der Waals surface area contributed by atoms with Crippen LogP contribution in [0, 0.1) is 11.8 Å². The molecule has 4 aliphatic heterocycles. The molecule has 0 N–H and O–H groups in total. The van der Waals surface area contributed by atoms with E-state index < -0.39 is 0 Å². The van der Waals surface area contributed by atoms with E-state index in [1.807, 2.05) is 0 Å². The maximum Gasteiger partial charge on any atom is 0.310 e. The summed E-state index contributed by atoms with van der Waals surface area (Å²) in [6.45, 7) is 0.979. The van der Waals surface area contributed by atoms with E-state index >= 15 is 0 Å². The quantitative estimate of drug-likeness (QED) is 0.771. The van der Waals surface area contributed by atoms with Gasteiger partial charge in [-0.25, -0.2) is 0 Å². The van der Waals surface area contributed by atoms with Crippen LogP contribution in [0.5, 0.6) is 0 Å². The highest BCUT2D eigenvalue weighted by molar-refractivity contribution is 5.84. The van der Waals surface area contributed by atoms with Crippen LogP contribution < -0.4 is 0 Å². The second-order valence-electron chi connectivity index (χ2n) is 7.99. The van der Waals surface area contributed by atoms with Crippen molar-refractivity contribution in [2.24, 2.45) is 11.8 Å². The second-order valence-corrected chi connectivity index (χ2v) is 7.99. The molecule has 5 atom stereocenters. The monoisotopic (exact) mass is 359 g/mol. The third-order valence-corrected chi connectivity index (χ3v) is 6.78. The summed E-state index contributed by atoms with van der Waals surface area (Å²) in [4.78, 5) is 15.3. The van der Waals surface area contributed by atoms with Gasteiger partial charge in [0.05, 0.1) is 13.0 Å². The first-order chi connectivity index (χ1) is 13.3. The van der Waals surface area contributed by atoms with Crippen LogP contribution in [0.4, 0.5) is 0 Å². The largest absolute Gasteiger partial charge is 0.469 e. The Balaban J connectivity index is 1.69. The van der Waals surface area contributed by atoms with E-state index in [0.29, 0.717) is 12.1 Å². The predicted molar refractivity (Wildman–Crippen MR) is 106 cm³/mol. The Morgan fingerprint density at radius 3 is 2.19 bits per heavy atom. The van der Waals surface area contributed by atoms with Gasteiger partial charge in [-0.2, -0.15) is 0 Å². The molecule has 0 radical (unpaired) electrons. The molecule has 0 aromatic heterocycles. The van der Waals surface area contributed by atoms with Crippen LogP contribution in [0.2, 0.25) is 0 Å². The summed E-state index contributed by atoms with van der Waals surface area (Å²) in [5, 5.41) is 0. The standard InChI is InChI=1S/C24H25NO2/c1-27-24(26)23-19-14-18-12-13-21(23)25(18)15-20(19)22(16-8-4-2-5-9-16)17-10-6-3-7-11-17/h2-11,18-19,21,23H,12-15H2,1H3/t18-,19+,21+,23+/m0/s1. The molecule has 4 bridgehead atoms. The number of esters is 1. The fourth-order valence-corrected chi connectivity index (χ4v) is 5.70. The number of fused-ring (bicyclic) bond motifs is 1. The Bertz CT molecular complexity index is 832. The summed E-state index contributed by atoms with van der Waals surface area (Å²) < 4.78 is 5.24. The Morgan fingerprint density at radius 1 is 0.963 bits per heavy atom. The van der Waals surface area contributed by atoms with E-state index in [2.05, 4.69) is 65.6 Å². The van der Waals surface area contributed by atoms with E-state index in [9.17, 15) is 4.79 Å². The van der Waals surface area contributed by atoms with Gasteiger partial charge in [-0.15, -0.1) is 0 Å². The minimum Gasteiger partial charge on any atom is -0.469 e. The highest BCUT2D eigenvalue weighted by atomic mass is 16.5. The second kappa shape index (κ2) is 6.65. The Labute approximate surface area is 160 Å². The SMILES string of the molecule is COC(=O)[C@@H]1[C@@H]2C[C@@H]3CC[C@H]1N3CC2=C(c1ccccc1)c1ccccc1. The first-order valence-electron chi connectivity index (χ1n) is 9.95. The van der Waals surface area contributed by atoms with Gasteiger partial charge in [0, 0.05) is 18.6 Å². The van der Waals surface area contributed by atoms with Crippen molar-refractivity contribution in [3.05, 3.63) is 77.4 Å². The third-order valence-electron chi connectivity index (χ3n) is 6.78. The van der Waals surface area contributed by atoms with Crippen LogP contribution in [-0.2, 0) is 9.53 Å². The fraction of sp³-hybridized carbons (Fsp3) is 0.375. The maximum absolute atomic E-state index is 12.7. The number of ether oxygens (including phenoxy) is 1. The van der Waals surface area contributed by atoms with Gasteiger partial charge in [-0.05, 0) is 47.5 Å². The van der Waals surface area contributed by atoms with Gasteiger partial charge in [-0.3, -0.25) is 9.69 Å². The van der Waals surface area contributed by atoms with Crippen molar-refractivity contribution < 1.29 is 9.53 Å². The summed E-state index contributed by atoms with van der Waals surface area (Å²) in [5.41, 5.74) is 5.20. The lowest BCUT2D eigenvalue weighted by molar-refractivity contribution is -0.153. The van der Waals surface area contributed by atoms with Gasteiger partial charge in [0.1, 0.15) is 0 Å². The molecule has 4 heterocycles. The van der Waals surface area contributed by atoms with Crippen LogP contribution in [-0.4, -0.2) is 36.6 Å². The van der Waals surface area contributed by atoms with Gasteiger partial charge in [0.15, 0.2) is 0 Å². The highest BCUT2D eigenvalue weighted by Gasteiger charge is 2.56. The smallest absolute Gasteiger partial charge is 0.310 e. The van der Waals surface area contributed by atoms with Crippen LogP contribution >= 0.6 is 0 Å². The zero-order chi connectivity index (χ0) is 18.4. The molecular weight excluding hydrogens is 334 g/mol. The minimum atomic E-state index is -0.0342. The molecule has 3 heteroatoms. The van der Waals surface area contributed by atoms with Gasteiger partial charge in [0.2, 0.25) is 0 Å². The number of carbonyl (C=O) groups is 1. The van der Waals surface area contributed by atoms with Gasteiger partial charge >= 0.3 is 5.97 Å². The normalized spacial score (nSPS) is 31.0. The predicted octanol–water partition coefficient (Wildman–Crippen LogP) is 4.14. The molecule has 138 valence electrons. The average molecular weight is 359 g/mol. The molecule has 4 saturated heterocycles. The summed E-state index contributed by atoms with van der Waals surface area (Å²) in [6.07, 6.45) is 3.42. The molecule has 0 aliphatic carbocycles. The van der Waals surface area contributed by atoms with Crippen molar-refractivity contribution >= 4 is 11.5 Å². The lowest BCUT2D eigenvalue weighted by Gasteiger charge is -2.51. The first-order valence-corrected chi connectivity index (χ1v) is 9.95. The maximum atomic E-state index is 12.7. The molecule has 4 fully saturated rings. The average Bonchev–Trinajstić information content (AvgIpc) is 3.04. The number of hydrogen-bond donors (Lipinski definition) is 0. The molecule has 0 amide bonds. The number of carbonyl (C=O) groups excluding carboxylic acids is 1. The molecule has 2 aromatic rings. The molecule has 0 saturated carbocycles. The Kier molecular flexibility index (Phi) is 4.13. The van der Waals surface area contributed by atoms with Crippen molar-refractivity contribution in [3.8, 4) is 0 Å². The molecule has 0 spiro atoms. The molecule has 1 unspecified atom stereocenters. The van der Waals surface area contributed by atoms with E-state index in [1.165, 1.54) is 35.8 Å². The molecule has 3 nitrogen and oxygen atoms in total. The third kappa shape index (κ3) is 2.64. The van der Waals surface area contributed by atoms with Crippen molar-refractivity contribution in [2.75, 3.05) is 13.7 Å². The van der Waals surface area contributed by atoms with Crippen LogP contribution in [0.1, 0.15) is 30.4 Å². The number of rotatable bonds is 3. The molecular formula is C24H25NO2. The van der Waals surface area contributed by atoms with Crippen LogP contribution in [0.3, 0.4) is 0 Å². The van der Waals surface area contributed by atoms with E-state index in [1.54, 1.807) is 0 Å². The van der Waals surface area contributed by atoms with Crippen molar-refractivity contribution in [1.29, 1.82) is 0 Å². The number of methoxy groups -OCH3 is 1. The summed E-state index contributed by atoms with van der Waals surface area (Å²) in [6, 6.07) is 22.3. The van der Waals surface area contributed by atoms with Crippen LogP contribution in [0.25, 0.3) is 5.57 Å². The molecule has 27 heavy (non-hydrogen) atoms. The Hall–Kier alpha value is -2.39. The number of benzene rings is 2.